The Morgan fingerprint density at radius 3 is 0.938 bits per heavy atom. The first kappa shape index (κ1) is 34.4. The van der Waals surface area contributed by atoms with Crippen molar-refractivity contribution in [1.29, 1.82) is 0 Å². The molecule has 0 aliphatic heterocycles. The number of unbranched alkanes of at least 4 members (excludes halogenated alkanes) is 14. The molecule has 0 saturated heterocycles. The minimum atomic E-state index is -1.83. The summed E-state index contributed by atoms with van der Waals surface area (Å²) in [7, 11) is 0. The monoisotopic (exact) mass is 466 g/mol. The van der Waals surface area contributed by atoms with Crippen LogP contribution in [-0.2, 0) is 9.47 Å². The molecule has 0 heterocycles. The van der Waals surface area contributed by atoms with Crippen molar-refractivity contribution in [3.63, 3.8) is 0 Å². The van der Waals surface area contributed by atoms with E-state index >= 15 is 0 Å². The van der Waals surface area contributed by atoms with E-state index in [1.807, 2.05) is 0 Å². The van der Waals surface area contributed by atoms with Crippen LogP contribution in [0.15, 0.2) is 0 Å². The van der Waals surface area contributed by atoms with Crippen molar-refractivity contribution in [2.24, 2.45) is 0 Å². The van der Waals surface area contributed by atoms with Gasteiger partial charge in [-0.05, 0) is 12.8 Å². The van der Waals surface area contributed by atoms with E-state index < -0.39 is 18.5 Å². The first-order valence-corrected chi connectivity index (χ1v) is 11.9. The highest BCUT2D eigenvalue weighted by atomic mass is 16.7. The van der Waals surface area contributed by atoms with Gasteiger partial charge in [0.15, 0.2) is 0 Å². The minimum Gasteiger partial charge on any atom is -0.450 e. The molecule has 0 bridgehead atoms. The maximum atomic E-state index is 11.4. The van der Waals surface area contributed by atoms with Crippen LogP contribution in [0.1, 0.15) is 117 Å². The highest BCUT2D eigenvalue weighted by Crippen LogP contribution is 2.09. The number of carboxylic acid groups (broad SMARTS) is 4. The van der Waals surface area contributed by atoms with Crippen LogP contribution in [0.5, 0.6) is 0 Å². The van der Waals surface area contributed by atoms with Crippen LogP contribution in [0.2, 0.25) is 0 Å². The number of rotatable bonds is 18. The Kier molecular flexibility index (Phi) is 33.3. The van der Waals surface area contributed by atoms with E-state index in [2.05, 4.69) is 13.8 Å². The first-order valence-electron chi connectivity index (χ1n) is 11.9. The van der Waals surface area contributed by atoms with Crippen LogP contribution in [0.3, 0.4) is 0 Å². The zero-order valence-corrected chi connectivity index (χ0v) is 20.1. The van der Waals surface area contributed by atoms with Crippen molar-refractivity contribution in [1.82, 2.24) is 0 Å². The topological polar surface area (TPSA) is 151 Å². The zero-order chi connectivity index (χ0) is 24.9. The van der Waals surface area contributed by atoms with Gasteiger partial charge in [0.2, 0.25) is 0 Å². The fourth-order valence-corrected chi connectivity index (χ4v) is 2.82. The molecule has 0 aliphatic rings. The quantitative estimate of drug-likeness (QED) is 0.117. The molecule has 0 atom stereocenters. The summed E-state index contributed by atoms with van der Waals surface area (Å²) in [6, 6.07) is 0. The summed E-state index contributed by atoms with van der Waals surface area (Å²) < 4.78 is 10.2. The number of hydrogen-bond acceptors (Lipinski definition) is 5. The summed E-state index contributed by atoms with van der Waals surface area (Å²) in [5.74, 6) is 0. The molecule has 0 aromatic carbocycles. The van der Waals surface area contributed by atoms with Crippen molar-refractivity contribution >= 4 is 18.5 Å². The van der Waals surface area contributed by atoms with Gasteiger partial charge in [-0.25, -0.2) is 14.4 Å². The Labute approximate surface area is 193 Å². The molecule has 0 unspecified atom stereocenters. The lowest BCUT2D eigenvalue weighted by Crippen LogP contribution is -2.09. The van der Waals surface area contributed by atoms with Crippen LogP contribution in [-0.4, -0.2) is 52.1 Å². The van der Waals surface area contributed by atoms with E-state index in [-0.39, 0.29) is 0 Å². The second kappa shape index (κ2) is 31.0. The molecule has 192 valence electrons. The summed E-state index contributed by atoms with van der Waals surface area (Å²) in [4.78, 5) is 28.5. The lowest BCUT2D eigenvalue weighted by Gasteiger charge is -2.06. The lowest BCUT2D eigenvalue weighted by atomic mass is 10.1. The molecule has 0 aromatic heterocycles. The first-order chi connectivity index (χ1) is 15.3. The third-order valence-electron chi connectivity index (χ3n) is 4.44. The molecule has 9 nitrogen and oxygen atoms in total. The van der Waals surface area contributed by atoms with Crippen LogP contribution in [0, 0.1) is 0 Å². The highest BCUT2D eigenvalue weighted by Gasteiger charge is 2.03. The molecular formula is C23H46O9. The van der Waals surface area contributed by atoms with Gasteiger partial charge >= 0.3 is 18.5 Å². The lowest BCUT2D eigenvalue weighted by molar-refractivity contribution is 0.0528. The van der Waals surface area contributed by atoms with Gasteiger partial charge in [-0.3, -0.25) is 0 Å². The third kappa shape index (κ3) is 50.9. The van der Waals surface area contributed by atoms with Gasteiger partial charge in [0, 0.05) is 0 Å². The van der Waals surface area contributed by atoms with E-state index in [0.29, 0.717) is 13.2 Å². The van der Waals surface area contributed by atoms with Crippen LogP contribution in [0.4, 0.5) is 14.4 Å². The predicted molar refractivity (Wildman–Crippen MR) is 124 cm³/mol. The Hall–Kier alpha value is -2.19. The summed E-state index contributed by atoms with van der Waals surface area (Å²) in [6.07, 6.45) is 15.9. The molecule has 0 radical (unpaired) electrons. The van der Waals surface area contributed by atoms with E-state index in [0.717, 1.165) is 25.7 Å². The van der Waals surface area contributed by atoms with Crippen LogP contribution >= 0.6 is 0 Å². The van der Waals surface area contributed by atoms with Gasteiger partial charge in [0.25, 0.3) is 0 Å². The molecule has 32 heavy (non-hydrogen) atoms. The molecule has 0 rings (SSSR count). The minimum absolute atomic E-state index is 0.485. The van der Waals surface area contributed by atoms with Crippen molar-refractivity contribution in [3.05, 3.63) is 0 Å². The van der Waals surface area contributed by atoms with Crippen molar-refractivity contribution in [2.75, 3.05) is 13.2 Å². The van der Waals surface area contributed by atoms with Gasteiger partial charge in [0.05, 0.1) is 13.2 Å². The van der Waals surface area contributed by atoms with Gasteiger partial charge in [0.1, 0.15) is 0 Å². The maximum Gasteiger partial charge on any atom is 0.508 e. The van der Waals surface area contributed by atoms with Crippen LogP contribution < -0.4 is 0 Å². The standard InChI is InChI=1S/C21H42O3.2CH2O3/c1-3-5-7-9-11-13-15-17-19-23-21(22)24-20-18-16-14-12-10-8-6-4-2;2*2-1(3)4/h3-20H2,1-2H3;2*(H2,2,3,4). The maximum absolute atomic E-state index is 11.4. The Morgan fingerprint density at radius 2 is 0.688 bits per heavy atom. The summed E-state index contributed by atoms with van der Waals surface area (Å²) in [6.45, 7) is 5.49. The van der Waals surface area contributed by atoms with Gasteiger partial charge < -0.3 is 29.9 Å². The van der Waals surface area contributed by atoms with Crippen molar-refractivity contribution in [2.45, 2.75) is 117 Å². The van der Waals surface area contributed by atoms with Gasteiger partial charge in [-0.2, -0.15) is 0 Å². The van der Waals surface area contributed by atoms with E-state index in [4.69, 9.17) is 39.5 Å². The SMILES string of the molecule is CCCCCCCCCCOC(=O)OCCCCCCCCCC.O=C(O)O.O=C(O)O. The Balaban J connectivity index is -0.000000896. The van der Waals surface area contributed by atoms with E-state index in [1.165, 1.54) is 77.0 Å². The zero-order valence-electron chi connectivity index (χ0n) is 20.1. The van der Waals surface area contributed by atoms with E-state index in [9.17, 15) is 4.79 Å². The fourth-order valence-electron chi connectivity index (χ4n) is 2.82. The average molecular weight is 467 g/mol. The van der Waals surface area contributed by atoms with Gasteiger partial charge in [-0.15, -0.1) is 0 Å². The van der Waals surface area contributed by atoms with E-state index in [1.54, 1.807) is 0 Å². The van der Waals surface area contributed by atoms with Crippen molar-refractivity contribution < 1.29 is 44.3 Å². The highest BCUT2D eigenvalue weighted by molar-refractivity contribution is 5.59. The van der Waals surface area contributed by atoms with Crippen LogP contribution in [0.25, 0.3) is 0 Å². The Bertz CT molecular complexity index is 370. The summed E-state index contributed by atoms with van der Waals surface area (Å²) in [5, 5.41) is 27.9. The molecule has 0 amide bonds. The summed E-state index contributed by atoms with van der Waals surface area (Å²) >= 11 is 0. The molecule has 0 aromatic rings. The molecule has 0 fully saturated rings. The predicted octanol–water partition coefficient (Wildman–Crippen LogP) is 7.87. The number of carbonyl (C=O) groups is 3. The molecule has 0 aliphatic carbocycles. The largest absolute Gasteiger partial charge is 0.508 e. The normalized spacial score (nSPS) is 9.56. The molecule has 0 spiro atoms. The smallest absolute Gasteiger partial charge is 0.450 e. The van der Waals surface area contributed by atoms with Crippen molar-refractivity contribution in [3.8, 4) is 0 Å². The summed E-state index contributed by atoms with van der Waals surface area (Å²) in [5.41, 5.74) is 0. The average Bonchev–Trinajstić information content (AvgIpc) is 2.70. The number of hydrogen-bond donors (Lipinski definition) is 4. The molecule has 9 heteroatoms. The molecule has 0 saturated carbocycles. The third-order valence-corrected chi connectivity index (χ3v) is 4.44. The fraction of sp³-hybridized carbons (Fsp3) is 0.870. The second-order valence-corrected chi connectivity index (χ2v) is 7.46. The molecular weight excluding hydrogens is 420 g/mol. The number of carbonyl (C=O) groups excluding carboxylic acids is 1. The Morgan fingerprint density at radius 1 is 0.469 bits per heavy atom. The second-order valence-electron chi connectivity index (χ2n) is 7.46. The molecule has 4 N–H and O–H groups in total. The number of ether oxygens (including phenoxy) is 2. The van der Waals surface area contributed by atoms with Gasteiger partial charge in [-0.1, -0.05) is 104 Å².